The summed E-state index contributed by atoms with van der Waals surface area (Å²) in [4.78, 5) is 2.33. The van der Waals surface area contributed by atoms with Crippen molar-refractivity contribution < 1.29 is 0 Å². The molecular formula is C12H25N3. The Balaban J connectivity index is 3.13. The van der Waals surface area contributed by atoms with Gasteiger partial charge in [0.1, 0.15) is 5.66 Å². The molecule has 0 aliphatic carbocycles. The lowest BCUT2D eigenvalue weighted by molar-refractivity contribution is 0.00837. The Morgan fingerprint density at radius 2 is 1.73 bits per heavy atom. The van der Waals surface area contributed by atoms with E-state index in [9.17, 15) is 0 Å². The number of rotatable bonds is 5. The molecule has 0 aromatic heterocycles. The number of hydrazine groups is 1. The maximum Gasteiger partial charge on any atom is 0.111 e. The minimum Gasteiger partial charge on any atom is -0.358 e. The number of nitrogens with two attached hydrogens (primary N) is 1. The fraction of sp³-hybridized carbons (Fsp3) is 0.833. The first-order chi connectivity index (χ1) is 7.16. The first-order valence-electron chi connectivity index (χ1n) is 6.10. The first kappa shape index (κ1) is 12.5. The molecular weight excluding hydrogens is 186 g/mol. The van der Waals surface area contributed by atoms with Crippen molar-refractivity contribution in [2.75, 3.05) is 6.54 Å². The third-order valence-electron chi connectivity index (χ3n) is 4.24. The second-order valence-electron chi connectivity index (χ2n) is 4.32. The van der Waals surface area contributed by atoms with Crippen LogP contribution in [0, 0.1) is 5.41 Å². The van der Waals surface area contributed by atoms with Crippen molar-refractivity contribution in [3.63, 3.8) is 0 Å². The Labute approximate surface area is 93.7 Å². The zero-order valence-electron chi connectivity index (χ0n) is 10.5. The van der Waals surface area contributed by atoms with Gasteiger partial charge in [-0.05, 0) is 32.4 Å². The topological polar surface area (TPSA) is 41.3 Å². The maximum atomic E-state index is 5.84. The Bertz CT molecular complexity index is 227. The fourth-order valence-corrected chi connectivity index (χ4v) is 3.11. The molecule has 1 unspecified atom stereocenters. The molecule has 15 heavy (non-hydrogen) atoms. The minimum absolute atomic E-state index is 0.0920. The second kappa shape index (κ2) is 4.54. The Hall–Kier alpha value is -0.540. The van der Waals surface area contributed by atoms with Gasteiger partial charge in [-0.1, -0.05) is 26.8 Å². The zero-order chi connectivity index (χ0) is 11.5. The summed E-state index contributed by atoms with van der Waals surface area (Å²) in [5, 5.41) is 0. The number of hydrogen-bond donors (Lipinski definition) is 2. The van der Waals surface area contributed by atoms with Gasteiger partial charge in [-0.3, -0.25) is 5.84 Å². The summed E-state index contributed by atoms with van der Waals surface area (Å²) in [5.74, 6) is 5.84. The van der Waals surface area contributed by atoms with Crippen LogP contribution >= 0.6 is 0 Å². The van der Waals surface area contributed by atoms with Crippen molar-refractivity contribution in [3.8, 4) is 0 Å². The van der Waals surface area contributed by atoms with Crippen LogP contribution in [-0.4, -0.2) is 17.1 Å². The van der Waals surface area contributed by atoms with Crippen LogP contribution in [0.4, 0.5) is 0 Å². The van der Waals surface area contributed by atoms with Gasteiger partial charge in [-0.2, -0.15) is 0 Å². The number of nitrogens with one attached hydrogen (secondary N) is 1. The summed E-state index contributed by atoms with van der Waals surface area (Å²) >= 11 is 0. The normalized spacial score (nSPS) is 28.7. The van der Waals surface area contributed by atoms with Crippen LogP contribution in [0.1, 0.15) is 47.0 Å². The van der Waals surface area contributed by atoms with E-state index < -0.39 is 0 Å². The van der Waals surface area contributed by atoms with Crippen LogP contribution in [0.25, 0.3) is 0 Å². The Morgan fingerprint density at radius 1 is 1.13 bits per heavy atom. The van der Waals surface area contributed by atoms with E-state index in [2.05, 4.69) is 50.3 Å². The van der Waals surface area contributed by atoms with E-state index in [0.717, 1.165) is 25.8 Å². The Morgan fingerprint density at radius 3 is 2.07 bits per heavy atom. The molecule has 3 heteroatoms. The lowest BCUT2D eigenvalue weighted by atomic mass is 9.71. The molecule has 0 bridgehead atoms. The van der Waals surface area contributed by atoms with Gasteiger partial charge in [-0.25, -0.2) is 5.43 Å². The standard InChI is InChI=1S/C12H25N3/c1-5-11(6-2)9-10-15(8-4)12(11,7-3)14-13/h9-10,14H,5-8,13H2,1-4H3. The van der Waals surface area contributed by atoms with Gasteiger partial charge in [0.05, 0.1) is 0 Å². The molecule has 1 atom stereocenters. The monoisotopic (exact) mass is 211 g/mol. The fourth-order valence-electron chi connectivity index (χ4n) is 3.11. The average molecular weight is 211 g/mol. The molecule has 0 fully saturated rings. The molecule has 1 rings (SSSR count). The van der Waals surface area contributed by atoms with Crippen molar-refractivity contribution >= 4 is 0 Å². The third-order valence-corrected chi connectivity index (χ3v) is 4.24. The summed E-state index contributed by atoms with van der Waals surface area (Å²) in [7, 11) is 0. The van der Waals surface area contributed by atoms with Gasteiger partial charge in [-0.15, -0.1) is 0 Å². The van der Waals surface area contributed by atoms with E-state index in [1.807, 2.05) is 0 Å². The quantitative estimate of drug-likeness (QED) is 0.541. The van der Waals surface area contributed by atoms with E-state index in [-0.39, 0.29) is 11.1 Å². The molecule has 0 amide bonds. The first-order valence-corrected chi connectivity index (χ1v) is 6.10. The lowest BCUT2D eigenvalue weighted by Crippen LogP contribution is -2.65. The van der Waals surface area contributed by atoms with Crippen molar-refractivity contribution in [1.29, 1.82) is 0 Å². The van der Waals surface area contributed by atoms with Crippen LogP contribution in [0.5, 0.6) is 0 Å². The van der Waals surface area contributed by atoms with Crippen molar-refractivity contribution in [3.05, 3.63) is 12.3 Å². The molecule has 0 spiro atoms. The molecule has 0 saturated carbocycles. The van der Waals surface area contributed by atoms with Crippen LogP contribution in [0.15, 0.2) is 12.3 Å². The highest BCUT2D eigenvalue weighted by Gasteiger charge is 2.52. The molecule has 0 aromatic carbocycles. The van der Waals surface area contributed by atoms with Gasteiger partial charge >= 0.3 is 0 Å². The molecule has 3 nitrogen and oxygen atoms in total. The molecule has 3 N–H and O–H groups in total. The average Bonchev–Trinajstić information content (AvgIpc) is 2.63. The van der Waals surface area contributed by atoms with E-state index in [1.54, 1.807) is 0 Å². The zero-order valence-corrected chi connectivity index (χ0v) is 10.5. The molecule has 0 saturated heterocycles. The highest BCUT2D eigenvalue weighted by Crippen LogP contribution is 2.47. The second-order valence-corrected chi connectivity index (χ2v) is 4.32. The third kappa shape index (κ3) is 1.49. The highest BCUT2D eigenvalue weighted by atomic mass is 15.4. The molecule has 1 heterocycles. The lowest BCUT2D eigenvalue weighted by Gasteiger charge is -2.49. The van der Waals surface area contributed by atoms with Gasteiger partial charge in [0, 0.05) is 12.0 Å². The van der Waals surface area contributed by atoms with Gasteiger partial charge in [0.15, 0.2) is 0 Å². The van der Waals surface area contributed by atoms with E-state index >= 15 is 0 Å². The van der Waals surface area contributed by atoms with Crippen molar-refractivity contribution in [2.45, 2.75) is 52.6 Å². The van der Waals surface area contributed by atoms with Crippen molar-refractivity contribution in [1.82, 2.24) is 10.3 Å². The predicted molar refractivity (Wildman–Crippen MR) is 64.9 cm³/mol. The summed E-state index contributed by atoms with van der Waals surface area (Å²) in [5.41, 5.74) is 3.17. The maximum absolute atomic E-state index is 5.84. The predicted octanol–water partition coefficient (Wildman–Crippen LogP) is 2.21. The van der Waals surface area contributed by atoms with E-state index in [0.29, 0.717) is 0 Å². The number of nitrogens with zero attached hydrogens (tertiary/aromatic N) is 1. The van der Waals surface area contributed by atoms with Crippen LogP contribution in [0.3, 0.4) is 0 Å². The van der Waals surface area contributed by atoms with Crippen LogP contribution < -0.4 is 11.3 Å². The van der Waals surface area contributed by atoms with Crippen molar-refractivity contribution in [2.24, 2.45) is 11.3 Å². The van der Waals surface area contributed by atoms with Crippen LogP contribution in [-0.2, 0) is 0 Å². The SMILES string of the molecule is CCN1C=CC(CC)(CC)C1(CC)NN. The smallest absolute Gasteiger partial charge is 0.111 e. The number of hydrogen-bond acceptors (Lipinski definition) is 3. The summed E-state index contributed by atoms with van der Waals surface area (Å²) in [6.07, 6.45) is 7.80. The molecule has 1 aliphatic rings. The largest absolute Gasteiger partial charge is 0.358 e. The molecule has 0 aromatic rings. The summed E-state index contributed by atoms with van der Waals surface area (Å²) < 4.78 is 0. The van der Waals surface area contributed by atoms with Gasteiger partial charge in [0.2, 0.25) is 0 Å². The van der Waals surface area contributed by atoms with E-state index in [1.165, 1.54) is 0 Å². The summed E-state index contributed by atoms with van der Waals surface area (Å²) in [6, 6.07) is 0. The van der Waals surface area contributed by atoms with Crippen LogP contribution in [0.2, 0.25) is 0 Å². The molecule has 0 radical (unpaired) electrons. The highest BCUT2D eigenvalue weighted by molar-refractivity contribution is 5.19. The minimum atomic E-state index is -0.0920. The van der Waals surface area contributed by atoms with E-state index in [4.69, 9.17) is 5.84 Å². The molecule has 88 valence electrons. The van der Waals surface area contributed by atoms with Gasteiger partial charge < -0.3 is 4.90 Å². The molecule has 1 aliphatic heterocycles. The van der Waals surface area contributed by atoms with Gasteiger partial charge in [0.25, 0.3) is 0 Å². The Kier molecular flexibility index (Phi) is 3.79. The summed E-state index contributed by atoms with van der Waals surface area (Å²) in [6.45, 7) is 9.86.